The summed E-state index contributed by atoms with van der Waals surface area (Å²) in [6.07, 6.45) is 2.91. The summed E-state index contributed by atoms with van der Waals surface area (Å²) in [6.45, 7) is 6.53. The summed E-state index contributed by atoms with van der Waals surface area (Å²) in [4.78, 5) is 10.8. The molecule has 0 aromatic heterocycles. The number of hydrogen-bond donors (Lipinski definition) is 0. The van der Waals surface area contributed by atoms with Gasteiger partial charge in [0.15, 0.2) is 0 Å². The molecule has 2 heteroatoms. The van der Waals surface area contributed by atoms with Gasteiger partial charge in [0, 0.05) is 0 Å². The average Bonchev–Trinajstić information content (AvgIpc) is 2.27. The van der Waals surface area contributed by atoms with Crippen LogP contribution in [0.5, 0.6) is 0 Å². The lowest BCUT2D eigenvalue weighted by Crippen LogP contribution is -2.41. The number of hydrogen-bond acceptors (Lipinski definition) is 1. The third-order valence-corrected chi connectivity index (χ3v) is 5.91. The van der Waals surface area contributed by atoms with Crippen LogP contribution in [0.4, 0.5) is 0 Å². The van der Waals surface area contributed by atoms with Gasteiger partial charge in [0.1, 0.15) is 6.29 Å². The lowest BCUT2D eigenvalue weighted by Gasteiger charge is -2.22. The molecule has 0 radical (unpaired) electrons. The highest BCUT2D eigenvalue weighted by molar-refractivity contribution is 6.90. The van der Waals surface area contributed by atoms with Gasteiger partial charge in [-0.1, -0.05) is 54.7 Å². The van der Waals surface area contributed by atoms with Crippen molar-refractivity contribution in [3.63, 3.8) is 0 Å². The van der Waals surface area contributed by atoms with Gasteiger partial charge >= 0.3 is 0 Å². The van der Waals surface area contributed by atoms with Crippen LogP contribution in [0, 0.1) is 0 Å². The molecule has 0 aliphatic rings. The smallest absolute Gasteiger partial charge is 0.145 e. The Kier molecular flexibility index (Phi) is 4.03. The molecule has 1 rings (SSSR count). The molecule has 0 fully saturated rings. The monoisotopic (exact) mass is 218 g/mol. The number of allylic oxidation sites excluding steroid dienone is 2. The van der Waals surface area contributed by atoms with Crippen molar-refractivity contribution in [1.29, 1.82) is 0 Å². The zero-order valence-electron chi connectivity index (χ0n) is 9.66. The zero-order chi connectivity index (χ0) is 11.3. The first kappa shape index (κ1) is 11.9. The molecule has 0 heterocycles. The number of benzene rings is 1. The van der Waals surface area contributed by atoms with Crippen LogP contribution >= 0.6 is 0 Å². The molecular formula is C13H18OSi. The summed E-state index contributed by atoms with van der Waals surface area (Å²) in [6, 6.07) is 11.4. The molecule has 0 N–H and O–H groups in total. The van der Waals surface area contributed by atoms with Crippen molar-refractivity contribution in [2.75, 3.05) is 0 Å². The SMILES string of the molecule is C/C=C(/C=O)C[Si](C)(C)c1ccccc1. The van der Waals surface area contributed by atoms with Crippen LogP contribution in [0.3, 0.4) is 0 Å². The Balaban J connectivity index is 2.89. The molecule has 1 aromatic rings. The van der Waals surface area contributed by atoms with Crippen LogP contribution in [-0.4, -0.2) is 14.4 Å². The molecule has 80 valence electrons. The van der Waals surface area contributed by atoms with Crippen molar-refractivity contribution < 1.29 is 4.79 Å². The molecule has 1 aromatic carbocycles. The van der Waals surface area contributed by atoms with Gasteiger partial charge in [-0.2, -0.15) is 0 Å². The molecule has 0 unspecified atom stereocenters. The highest BCUT2D eigenvalue weighted by Crippen LogP contribution is 2.15. The number of aldehydes is 1. The summed E-state index contributed by atoms with van der Waals surface area (Å²) in [7, 11) is -1.48. The van der Waals surface area contributed by atoms with Gasteiger partial charge in [0.2, 0.25) is 0 Å². The maximum absolute atomic E-state index is 10.8. The first-order chi connectivity index (χ1) is 7.10. The Morgan fingerprint density at radius 1 is 1.27 bits per heavy atom. The van der Waals surface area contributed by atoms with Crippen molar-refractivity contribution in [1.82, 2.24) is 0 Å². The van der Waals surface area contributed by atoms with E-state index in [4.69, 9.17) is 0 Å². The predicted octanol–water partition coefficient (Wildman–Crippen LogP) is 2.75. The standard InChI is InChI=1S/C13H18OSi/c1-4-12(10-14)11-15(2,3)13-8-6-5-7-9-13/h4-10H,11H2,1-3H3/b12-4-. The van der Waals surface area contributed by atoms with Crippen molar-refractivity contribution in [3.8, 4) is 0 Å². The minimum atomic E-state index is -1.48. The second-order valence-electron chi connectivity index (χ2n) is 4.41. The van der Waals surface area contributed by atoms with Crippen molar-refractivity contribution in [2.45, 2.75) is 26.1 Å². The second kappa shape index (κ2) is 5.08. The van der Waals surface area contributed by atoms with Gasteiger partial charge in [0.05, 0.1) is 8.07 Å². The largest absolute Gasteiger partial charge is 0.298 e. The van der Waals surface area contributed by atoms with E-state index >= 15 is 0 Å². The van der Waals surface area contributed by atoms with Crippen molar-refractivity contribution in [3.05, 3.63) is 42.0 Å². The van der Waals surface area contributed by atoms with E-state index in [2.05, 4.69) is 37.4 Å². The fourth-order valence-electron chi connectivity index (χ4n) is 1.71. The summed E-state index contributed by atoms with van der Waals surface area (Å²) in [5, 5.41) is 1.41. The Labute approximate surface area is 92.8 Å². The molecule has 1 nitrogen and oxygen atoms in total. The topological polar surface area (TPSA) is 17.1 Å². The lowest BCUT2D eigenvalue weighted by molar-refractivity contribution is -0.104. The molecular weight excluding hydrogens is 200 g/mol. The fraction of sp³-hybridized carbons (Fsp3) is 0.308. The molecule has 0 aliphatic heterocycles. The first-order valence-electron chi connectivity index (χ1n) is 5.26. The summed E-state index contributed by atoms with van der Waals surface area (Å²) in [5.41, 5.74) is 0.926. The van der Waals surface area contributed by atoms with Crippen molar-refractivity contribution in [2.24, 2.45) is 0 Å². The molecule has 0 saturated carbocycles. The van der Waals surface area contributed by atoms with Gasteiger partial charge < -0.3 is 0 Å². The summed E-state index contributed by atoms with van der Waals surface area (Å²) in [5.74, 6) is 0. The van der Waals surface area contributed by atoms with E-state index in [-0.39, 0.29) is 0 Å². The van der Waals surface area contributed by atoms with Crippen LogP contribution in [0.25, 0.3) is 0 Å². The van der Waals surface area contributed by atoms with E-state index < -0.39 is 8.07 Å². The van der Waals surface area contributed by atoms with E-state index in [0.717, 1.165) is 17.9 Å². The third-order valence-electron chi connectivity index (χ3n) is 2.72. The minimum absolute atomic E-state index is 0.926. The fourth-order valence-corrected chi connectivity index (χ4v) is 4.32. The van der Waals surface area contributed by atoms with Crippen LogP contribution in [0.1, 0.15) is 6.92 Å². The lowest BCUT2D eigenvalue weighted by atomic mass is 10.3. The van der Waals surface area contributed by atoms with E-state index in [9.17, 15) is 4.79 Å². The van der Waals surface area contributed by atoms with E-state index in [0.29, 0.717) is 0 Å². The number of carbonyl (C=O) groups excluding carboxylic acids is 1. The molecule has 0 atom stereocenters. The van der Waals surface area contributed by atoms with Crippen LogP contribution in [-0.2, 0) is 4.79 Å². The average molecular weight is 218 g/mol. The first-order valence-corrected chi connectivity index (χ1v) is 8.47. The highest BCUT2D eigenvalue weighted by Gasteiger charge is 2.23. The van der Waals surface area contributed by atoms with Gasteiger partial charge in [-0.3, -0.25) is 4.79 Å². The summed E-state index contributed by atoms with van der Waals surface area (Å²) >= 11 is 0. The Morgan fingerprint density at radius 3 is 2.33 bits per heavy atom. The maximum atomic E-state index is 10.8. The second-order valence-corrected chi connectivity index (χ2v) is 9.11. The molecule has 0 bridgehead atoms. The minimum Gasteiger partial charge on any atom is -0.298 e. The summed E-state index contributed by atoms with van der Waals surface area (Å²) < 4.78 is 0. The van der Waals surface area contributed by atoms with E-state index in [1.807, 2.05) is 19.1 Å². The zero-order valence-corrected chi connectivity index (χ0v) is 10.7. The van der Waals surface area contributed by atoms with Crippen LogP contribution < -0.4 is 5.19 Å². The predicted molar refractivity (Wildman–Crippen MR) is 68.2 cm³/mol. The maximum Gasteiger partial charge on any atom is 0.145 e. The Hall–Kier alpha value is -1.15. The normalized spacial score (nSPS) is 12.6. The highest BCUT2D eigenvalue weighted by atomic mass is 28.3. The molecule has 15 heavy (non-hydrogen) atoms. The van der Waals surface area contributed by atoms with Crippen LogP contribution in [0.15, 0.2) is 42.0 Å². The molecule has 0 spiro atoms. The van der Waals surface area contributed by atoms with Gasteiger partial charge in [-0.25, -0.2) is 0 Å². The third kappa shape index (κ3) is 3.17. The van der Waals surface area contributed by atoms with Crippen LogP contribution in [0.2, 0.25) is 19.1 Å². The van der Waals surface area contributed by atoms with E-state index in [1.165, 1.54) is 5.19 Å². The number of rotatable bonds is 4. The van der Waals surface area contributed by atoms with Gasteiger partial charge in [-0.15, -0.1) is 0 Å². The molecule has 0 aliphatic carbocycles. The molecule has 0 saturated heterocycles. The number of carbonyl (C=O) groups is 1. The molecule has 0 amide bonds. The Morgan fingerprint density at radius 2 is 1.87 bits per heavy atom. The van der Waals surface area contributed by atoms with E-state index in [1.54, 1.807) is 0 Å². The van der Waals surface area contributed by atoms with Gasteiger partial charge in [0.25, 0.3) is 0 Å². The quantitative estimate of drug-likeness (QED) is 0.431. The Bertz CT molecular complexity index is 352. The van der Waals surface area contributed by atoms with Gasteiger partial charge in [-0.05, 0) is 18.5 Å². The van der Waals surface area contributed by atoms with Crippen molar-refractivity contribution >= 4 is 19.5 Å².